The van der Waals surface area contributed by atoms with E-state index in [0.717, 1.165) is 10.1 Å². The van der Waals surface area contributed by atoms with Gasteiger partial charge in [-0.25, -0.2) is 0 Å². The molecule has 0 unspecified atom stereocenters. The van der Waals surface area contributed by atoms with Gasteiger partial charge < -0.3 is 15.0 Å². The molecule has 6 nitrogen and oxygen atoms in total. The minimum Gasteiger partial charge on any atom is -0.502 e. The first-order valence-electron chi connectivity index (χ1n) is 7.93. The average molecular weight is 397 g/mol. The molecule has 0 saturated heterocycles. The van der Waals surface area contributed by atoms with E-state index < -0.39 is 17.2 Å². The lowest BCUT2D eigenvalue weighted by atomic mass is 10.1. The van der Waals surface area contributed by atoms with Crippen LogP contribution in [0.15, 0.2) is 35.3 Å². The van der Waals surface area contributed by atoms with Gasteiger partial charge in [0.05, 0.1) is 22.2 Å². The van der Waals surface area contributed by atoms with Gasteiger partial charge in [0.25, 0.3) is 11.5 Å². The van der Waals surface area contributed by atoms with Crippen LogP contribution >= 0.6 is 23.2 Å². The first-order valence-corrected chi connectivity index (χ1v) is 8.69. The molecule has 1 heterocycles. The number of aromatic hydroxyl groups is 1. The minimum atomic E-state index is -0.774. The number of Topliss-reactive ketones (excluding diaryl/α,β-unsaturated/α-hetero) is 1. The third-order valence-electron chi connectivity index (χ3n) is 3.69. The predicted molar refractivity (Wildman–Crippen MR) is 100 cm³/mol. The monoisotopic (exact) mass is 396 g/mol. The molecule has 2 N–H and O–H groups in total. The molecule has 0 fully saturated rings. The molecule has 2 rings (SSSR count). The maximum Gasteiger partial charge on any atom is 0.293 e. The first-order chi connectivity index (χ1) is 12.3. The number of carbonyl (C=O) groups excluding carboxylic acids is 2. The van der Waals surface area contributed by atoms with Gasteiger partial charge in [0.2, 0.25) is 0 Å². The van der Waals surface area contributed by atoms with E-state index in [9.17, 15) is 19.5 Å². The molecule has 1 aromatic heterocycles. The summed E-state index contributed by atoms with van der Waals surface area (Å²) >= 11 is 11.8. The van der Waals surface area contributed by atoms with Gasteiger partial charge in [-0.05, 0) is 43.5 Å². The highest BCUT2D eigenvalue weighted by Gasteiger charge is 2.15. The molecule has 0 aliphatic carbocycles. The van der Waals surface area contributed by atoms with E-state index in [1.165, 1.54) is 19.2 Å². The van der Waals surface area contributed by atoms with Crippen LogP contribution < -0.4 is 10.9 Å². The maximum atomic E-state index is 12.1. The number of aromatic nitrogens is 1. The second-order valence-corrected chi connectivity index (χ2v) is 6.64. The number of rotatable bonds is 7. The zero-order chi connectivity index (χ0) is 19.3. The van der Waals surface area contributed by atoms with Crippen molar-refractivity contribution < 1.29 is 14.7 Å². The van der Waals surface area contributed by atoms with Gasteiger partial charge in [-0.15, -0.1) is 0 Å². The Balaban J connectivity index is 1.93. The van der Waals surface area contributed by atoms with Crippen molar-refractivity contribution in [1.82, 2.24) is 9.88 Å². The van der Waals surface area contributed by atoms with E-state index in [4.69, 9.17) is 23.2 Å². The lowest BCUT2D eigenvalue weighted by molar-refractivity contribution is -0.117. The highest BCUT2D eigenvalue weighted by molar-refractivity contribution is 6.42. The standard InChI is InChI=1S/C18H18Cl2N2O4/c1-11(23)10-22-8-6-13(16(24)18(22)26)17(25)21-7-2-3-12-4-5-14(19)15(20)9-12/h4-6,8-9,24H,2-3,7,10H2,1H3,(H,21,25). The molecular formula is C18H18Cl2N2O4. The predicted octanol–water partition coefficient (Wildman–Crippen LogP) is 2.81. The molecule has 0 bridgehead atoms. The van der Waals surface area contributed by atoms with Crippen molar-refractivity contribution in [3.8, 4) is 5.75 Å². The molecule has 138 valence electrons. The van der Waals surface area contributed by atoms with Gasteiger partial charge in [-0.1, -0.05) is 29.3 Å². The minimum absolute atomic E-state index is 0.121. The summed E-state index contributed by atoms with van der Waals surface area (Å²) in [4.78, 5) is 35.2. The third-order valence-corrected chi connectivity index (χ3v) is 4.43. The Bertz CT molecular complexity index is 893. The molecular weight excluding hydrogens is 379 g/mol. The molecule has 0 atom stereocenters. The number of ketones is 1. The Morgan fingerprint density at radius 3 is 2.58 bits per heavy atom. The molecule has 0 radical (unpaired) electrons. The van der Waals surface area contributed by atoms with E-state index in [1.807, 2.05) is 6.07 Å². The summed E-state index contributed by atoms with van der Waals surface area (Å²) in [5, 5.41) is 13.5. The third kappa shape index (κ3) is 5.09. The van der Waals surface area contributed by atoms with Crippen LogP contribution in [0.3, 0.4) is 0 Å². The van der Waals surface area contributed by atoms with Crippen molar-refractivity contribution in [2.45, 2.75) is 26.3 Å². The average Bonchev–Trinajstić information content (AvgIpc) is 2.58. The SMILES string of the molecule is CC(=O)Cn1ccc(C(=O)NCCCc2ccc(Cl)c(Cl)c2)c(O)c1=O. The van der Waals surface area contributed by atoms with Gasteiger partial charge in [-0.3, -0.25) is 14.4 Å². The van der Waals surface area contributed by atoms with E-state index in [2.05, 4.69) is 5.32 Å². The topological polar surface area (TPSA) is 88.4 Å². The fourth-order valence-corrected chi connectivity index (χ4v) is 2.72. The zero-order valence-corrected chi connectivity index (χ0v) is 15.6. The number of halogens is 2. The van der Waals surface area contributed by atoms with Crippen molar-refractivity contribution in [3.05, 3.63) is 62.0 Å². The van der Waals surface area contributed by atoms with E-state index in [1.54, 1.807) is 12.1 Å². The fraction of sp³-hybridized carbons (Fsp3) is 0.278. The number of aryl methyl sites for hydroxylation is 1. The summed E-state index contributed by atoms with van der Waals surface area (Å²) in [6, 6.07) is 6.66. The number of amides is 1. The van der Waals surface area contributed by atoms with Crippen LogP contribution in [0.2, 0.25) is 10.0 Å². The van der Waals surface area contributed by atoms with Gasteiger partial charge in [0, 0.05) is 12.7 Å². The molecule has 0 aliphatic heterocycles. The van der Waals surface area contributed by atoms with Crippen LogP contribution in [0.4, 0.5) is 0 Å². The second-order valence-electron chi connectivity index (χ2n) is 5.82. The summed E-state index contributed by atoms with van der Waals surface area (Å²) in [5.41, 5.74) is 0.0938. The number of benzene rings is 1. The van der Waals surface area contributed by atoms with Gasteiger partial charge in [-0.2, -0.15) is 0 Å². The number of carbonyl (C=O) groups is 2. The number of hydrogen-bond acceptors (Lipinski definition) is 4. The molecule has 26 heavy (non-hydrogen) atoms. The molecule has 0 aliphatic rings. The quantitative estimate of drug-likeness (QED) is 0.704. The Morgan fingerprint density at radius 1 is 1.19 bits per heavy atom. The van der Waals surface area contributed by atoms with Gasteiger partial charge in [0.15, 0.2) is 5.75 Å². The van der Waals surface area contributed by atoms with E-state index in [-0.39, 0.29) is 17.9 Å². The molecule has 0 saturated carbocycles. The van der Waals surface area contributed by atoms with Crippen molar-refractivity contribution in [2.75, 3.05) is 6.54 Å². The Morgan fingerprint density at radius 2 is 1.92 bits per heavy atom. The van der Waals surface area contributed by atoms with E-state index in [0.29, 0.717) is 29.4 Å². The molecule has 1 aromatic carbocycles. The Kier molecular flexibility index (Phi) is 6.83. The van der Waals surface area contributed by atoms with Crippen molar-refractivity contribution in [3.63, 3.8) is 0 Å². The lowest BCUT2D eigenvalue weighted by Crippen LogP contribution is -2.29. The smallest absolute Gasteiger partial charge is 0.293 e. The summed E-state index contributed by atoms with van der Waals surface area (Å²) in [6.07, 6.45) is 2.64. The highest BCUT2D eigenvalue weighted by atomic mass is 35.5. The number of nitrogens with one attached hydrogen (secondary N) is 1. The fourth-order valence-electron chi connectivity index (χ4n) is 2.39. The van der Waals surface area contributed by atoms with Crippen molar-refractivity contribution >= 4 is 34.9 Å². The van der Waals surface area contributed by atoms with Crippen LogP contribution in [0, 0.1) is 0 Å². The van der Waals surface area contributed by atoms with Crippen molar-refractivity contribution in [2.24, 2.45) is 0 Å². The van der Waals surface area contributed by atoms with E-state index >= 15 is 0 Å². The molecule has 1 amide bonds. The summed E-state index contributed by atoms with van der Waals surface area (Å²) in [6.45, 7) is 1.53. The summed E-state index contributed by atoms with van der Waals surface area (Å²) in [7, 11) is 0. The van der Waals surface area contributed by atoms with Crippen LogP contribution in [0.25, 0.3) is 0 Å². The largest absolute Gasteiger partial charge is 0.502 e. The molecule has 8 heteroatoms. The van der Waals surface area contributed by atoms with Crippen LogP contribution in [-0.4, -0.2) is 27.9 Å². The van der Waals surface area contributed by atoms with Crippen LogP contribution in [0.1, 0.15) is 29.3 Å². The highest BCUT2D eigenvalue weighted by Crippen LogP contribution is 2.23. The van der Waals surface area contributed by atoms with Crippen LogP contribution in [-0.2, 0) is 17.8 Å². The number of pyridine rings is 1. The Labute approximate surface area is 160 Å². The normalized spacial score (nSPS) is 10.6. The zero-order valence-electron chi connectivity index (χ0n) is 14.1. The number of hydrogen-bond donors (Lipinski definition) is 2. The van der Waals surface area contributed by atoms with Crippen molar-refractivity contribution in [1.29, 1.82) is 0 Å². The number of nitrogens with zero attached hydrogens (tertiary/aromatic N) is 1. The maximum absolute atomic E-state index is 12.1. The van der Waals surface area contributed by atoms with Gasteiger partial charge >= 0.3 is 0 Å². The summed E-state index contributed by atoms with van der Waals surface area (Å²) in [5.74, 6) is -1.45. The second kappa shape index (κ2) is 8.87. The molecule has 2 aromatic rings. The first kappa shape index (κ1) is 20.0. The summed E-state index contributed by atoms with van der Waals surface area (Å²) < 4.78 is 1.05. The lowest BCUT2D eigenvalue weighted by Gasteiger charge is -2.09. The Hall–Kier alpha value is -2.31. The van der Waals surface area contributed by atoms with Crippen LogP contribution in [0.5, 0.6) is 5.75 Å². The van der Waals surface area contributed by atoms with Gasteiger partial charge in [0.1, 0.15) is 5.78 Å². The molecule has 0 spiro atoms.